The van der Waals surface area contributed by atoms with Crippen molar-refractivity contribution in [2.75, 3.05) is 5.32 Å². The van der Waals surface area contributed by atoms with Gasteiger partial charge in [0.25, 0.3) is 5.56 Å². The van der Waals surface area contributed by atoms with Gasteiger partial charge in [0.15, 0.2) is 0 Å². The Hall–Kier alpha value is -1.77. The number of para-hydroxylation sites is 1. The number of nitrogens with zero attached hydrogens (tertiary/aromatic N) is 1. The van der Waals surface area contributed by atoms with Crippen molar-refractivity contribution in [2.45, 2.75) is 39.2 Å². The first-order chi connectivity index (χ1) is 10.0. The molecular formula is C18H24N2O. The van der Waals surface area contributed by atoms with E-state index < -0.39 is 0 Å². The van der Waals surface area contributed by atoms with E-state index in [4.69, 9.17) is 0 Å². The quantitative estimate of drug-likeness (QED) is 0.910. The molecule has 1 aliphatic carbocycles. The highest BCUT2D eigenvalue weighted by molar-refractivity contribution is 5.91. The molecule has 1 heterocycles. The molecule has 112 valence electrons. The van der Waals surface area contributed by atoms with Gasteiger partial charge >= 0.3 is 0 Å². The van der Waals surface area contributed by atoms with Crippen LogP contribution in [0.2, 0.25) is 0 Å². The van der Waals surface area contributed by atoms with E-state index >= 15 is 0 Å². The molecule has 0 saturated heterocycles. The van der Waals surface area contributed by atoms with E-state index in [1.165, 1.54) is 19.3 Å². The Bertz CT molecular complexity index is 694. The number of benzene rings is 1. The molecule has 1 aromatic heterocycles. The van der Waals surface area contributed by atoms with Gasteiger partial charge in [-0.15, -0.1) is 0 Å². The summed E-state index contributed by atoms with van der Waals surface area (Å²) in [6.07, 6.45) is 3.69. The third-order valence-electron chi connectivity index (χ3n) is 4.69. The fourth-order valence-electron chi connectivity index (χ4n) is 3.81. The summed E-state index contributed by atoms with van der Waals surface area (Å²) in [5.74, 6) is 1.51. The Morgan fingerprint density at radius 1 is 1.10 bits per heavy atom. The average molecular weight is 284 g/mol. The number of hydrogen-bond donors (Lipinski definition) is 1. The van der Waals surface area contributed by atoms with Crippen molar-refractivity contribution in [3.63, 3.8) is 0 Å². The number of fused-ring (bicyclic) bond motifs is 1. The van der Waals surface area contributed by atoms with E-state index in [2.05, 4.69) is 25.2 Å². The van der Waals surface area contributed by atoms with Gasteiger partial charge in [-0.05, 0) is 37.2 Å². The van der Waals surface area contributed by atoms with Crippen LogP contribution in [0.5, 0.6) is 0 Å². The number of pyridine rings is 1. The van der Waals surface area contributed by atoms with E-state index in [9.17, 15) is 4.79 Å². The Labute approximate surface area is 126 Å². The van der Waals surface area contributed by atoms with Gasteiger partial charge < -0.3 is 9.88 Å². The molecule has 21 heavy (non-hydrogen) atoms. The van der Waals surface area contributed by atoms with Gasteiger partial charge in [0.1, 0.15) is 0 Å². The van der Waals surface area contributed by atoms with Crippen molar-refractivity contribution < 1.29 is 0 Å². The molecule has 1 fully saturated rings. The highest BCUT2D eigenvalue weighted by atomic mass is 16.1. The first-order valence-electron chi connectivity index (χ1n) is 7.90. The molecule has 3 rings (SSSR count). The number of aryl methyl sites for hydroxylation is 1. The minimum atomic E-state index is 0.0492. The second kappa shape index (κ2) is 5.55. The molecule has 0 aliphatic heterocycles. The standard InChI is InChI=1S/C18H24N2O/c1-12-8-13(2)10-14(9-12)19-16-11-18(21)20(3)17-7-5-4-6-15(16)17/h4-7,11-14,19H,8-10H2,1-3H3. The first-order valence-corrected chi connectivity index (χ1v) is 7.90. The average Bonchev–Trinajstić information content (AvgIpc) is 2.43. The van der Waals surface area contributed by atoms with Gasteiger partial charge in [0, 0.05) is 30.2 Å². The summed E-state index contributed by atoms with van der Waals surface area (Å²) < 4.78 is 1.71. The zero-order chi connectivity index (χ0) is 15.0. The van der Waals surface area contributed by atoms with Crippen LogP contribution in [0.1, 0.15) is 33.1 Å². The van der Waals surface area contributed by atoms with E-state index in [-0.39, 0.29) is 5.56 Å². The van der Waals surface area contributed by atoms with Crippen LogP contribution in [-0.2, 0) is 7.05 Å². The van der Waals surface area contributed by atoms with Crippen LogP contribution in [0, 0.1) is 11.8 Å². The maximum Gasteiger partial charge on any atom is 0.252 e. The van der Waals surface area contributed by atoms with Gasteiger partial charge in [-0.3, -0.25) is 4.79 Å². The Morgan fingerprint density at radius 3 is 2.48 bits per heavy atom. The Morgan fingerprint density at radius 2 is 1.76 bits per heavy atom. The van der Waals surface area contributed by atoms with Crippen LogP contribution in [0.3, 0.4) is 0 Å². The fraction of sp³-hybridized carbons (Fsp3) is 0.500. The van der Waals surface area contributed by atoms with Crippen molar-refractivity contribution in [1.29, 1.82) is 0 Å². The maximum atomic E-state index is 12.1. The number of aromatic nitrogens is 1. The molecular weight excluding hydrogens is 260 g/mol. The van der Waals surface area contributed by atoms with E-state index in [1.807, 2.05) is 25.2 Å². The Kier molecular flexibility index (Phi) is 3.75. The van der Waals surface area contributed by atoms with Crippen molar-refractivity contribution in [1.82, 2.24) is 4.57 Å². The predicted octanol–water partition coefficient (Wildman–Crippen LogP) is 3.78. The minimum Gasteiger partial charge on any atom is -0.382 e. The molecule has 3 heteroatoms. The molecule has 1 saturated carbocycles. The summed E-state index contributed by atoms with van der Waals surface area (Å²) in [4.78, 5) is 12.1. The molecule has 1 N–H and O–H groups in total. The van der Waals surface area contributed by atoms with Crippen molar-refractivity contribution >= 4 is 16.6 Å². The van der Waals surface area contributed by atoms with Gasteiger partial charge in [0.2, 0.25) is 0 Å². The van der Waals surface area contributed by atoms with Crippen LogP contribution in [-0.4, -0.2) is 10.6 Å². The summed E-state index contributed by atoms with van der Waals surface area (Å²) in [6, 6.07) is 10.3. The van der Waals surface area contributed by atoms with Crippen molar-refractivity contribution in [3.05, 3.63) is 40.7 Å². The summed E-state index contributed by atoms with van der Waals surface area (Å²) in [5.41, 5.74) is 2.03. The lowest BCUT2D eigenvalue weighted by Crippen LogP contribution is -2.31. The summed E-state index contributed by atoms with van der Waals surface area (Å²) in [7, 11) is 1.83. The Balaban J connectivity index is 1.97. The third kappa shape index (κ3) is 2.82. The SMILES string of the molecule is CC1CC(C)CC(Nc2cc(=O)n(C)c3ccccc23)C1. The molecule has 0 bridgehead atoms. The number of hydrogen-bond acceptors (Lipinski definition) is 2. The molecule has 2 aromatic rings. The number of rotatable bonds is 2. The van der Waals surface area contributed by atoms with Crippen LogP contribution in [0.25, 0.3) is 10.9 Å². The summed E-state index contributed by atoms with van der Waals surface area (Å²) in [5, 5.41) is 4.77. The molecule has 1 aromatic carbocycles. The van der Waals surface area contributed by atoms with Crippen LogP contribution >= 0.6 is 0 Å². The van der Waals surface area contributed by atoms with Crippen molar-refractivity contribution in [3.8, 4) is 0 Å². The monoisotopic (exact) mass is 284 g/mol. The summed E-state index contributed by atoms with van der Waals surface area (Å²) >= 11 is 0. The zero-order valence-corrected chi connectivity index (χ0v) is 13.1. The number of nitrogens with one attached hydrogen (secondary N) is 1. The molecule has 2 atom stereocenters. The lowest BCUT2D eigenvalue weighted by molar-refractivity contribution is 0.281. The van der Waals surface area contributed by atoms with E-state index in [1.54, 1.807) is 10.6 Å². The second-order valence-electron chi connectivity index (χ2n) is 6.73. The summed E-state index contributed by atoms with van der Waals surface area (Å²) in [6.45, 7) is 4.65. The highest BCUT2D eigenvalue weighted by Gasteiger charge is 2.24. The normalized spacial score (nSPS) is 26.0. The van der Waals surface area contributed by atoms with Gasteiger partial charge in [-0.1, -0.05) is 32.0 Å². The van der Waals surface area contributed by atoms with Crippen LogP contribution in [0.15, 0.2) is 35.1 Å². The predicted molar refractivity (Wildman–Crippen MR) is 88.8 cm³/mol. The highest BCUT2D eigenvalue weighted by Crippen LogP contribution is 2.31. The van der Waals surface area contributed by atoms with Gasteiger partial charge in [-0.25, -0.2) is 0 Å². The lowest BCUT2D eigenvalue weighted by atomic mass is 9.80. The molecule has 3 nitrogen and oxygen atoms in total. The van der Waals surface area contributed by atoms with E-state index in [0.717, 1.165) is 28.4 Å². The minimum absolute atomic E-state index is 0.0492. The second-order valence-corrected chi connectivity index (χ2v) is 6.73. The molecule has 0 radical (unpaired) electrons. The van der Waals surface area contributed by atoms with Crippen LogP contribution < -0.4 is 10.9 Å². The van der Waals surface area contributed by atoms with E-state index in [0.29, 0.717) is 6.04 Å². The fourth-order valence-corrected chi connectivity index (χ4v) is 3.81. The molecule has 1 aliphatic rings. The first kappa shape index (κ1) is 14.2. The maximum absolute atomic E-state index is 12.1. The largest absolute Gasteiger partial charge is 0.382 e. The third-order valence-corrected chi connectivity index (χ3v) is 4.69. The smallest absolute Gasteiger partial charge is 0.252 e. The van der Waals surface area contributed by atoms with Crippen LogP contribution in [0.4, 0.5) is 5.69 Å². The molecule has 2 unspecified atom stereocenters. The molecule has 0 spiro atoms. The molecule has 0 amide bonds. The van der Waals surface area contributed by atoms with Gasteiger partial charge in [-0.2, -0.15) is 0 Å². The topological polar surface area (TPSA) is 34.0 Å². The lowest BCUT2D eigenvalue weighted by Gasteiger charge is -2.33. The van der Waals surface area contributed by atoms with Gasteiger partial charge in [0.05, 0.1) is 5.52 Å². The van der Waals surface area contributed by atoms with Crippen molar-refractivity contribution in [2.24, 2.45) is 18.9 Å². The number of anilines is 1. The zero-order valence-electron chi connectivity index (χ0n) is 13.1.